The lowest BCUT2D eigenvalue weighted by Gasteiger charge is -2.21. The molecule has 1 N–H and O–H groups in total. The summed E-state index contributed by atoms with van der Waals surface area (Å²) in [4.78, 5) is 4.73. The van der Waals surface area contributed by atoms with Crippen LogP contribution in [0.15, 0.2) is 18.2 Å². The molecule has 18 heavy (non-hydrogen) atoms. The Morgan fingerprint density at radius 2 is 2.44 bits per heavy atom. The van der Waals surface area contributed by atoms with Gasteiger partial charge in [-0.15, -0.1) is 11.3 Å². The van der Waals surface area contributed by atoms with Crippen molar-refractivity contribution < 1.29 is 4.74 Å². The van der Waals surface area contributed by atoms with Crippen molar-refractivity contribution in [3.05, 3.63) is 23.2 Å². The van der Waals surface area contributed by atoms with E-state index in [-0.39, 0.29) is 0 Å². The zero-order valence-corrected chi connectivity index (χ0v) is 11.4. The monoisotopic (exact) mass is 262 g/mol. The minimum atomic E-state index is 0.751. The highest BCUT2D eigenvalue weighted by Gasteiger charge is 2.15. The molecular weight excluding hydrogens is 244 g/mol. The van der Waals surface area contributed by atoms with Gasteiger partial charge >= 0.3 is 0 Å². The fourth-order valence-electron chi connectivity index (χ4n) is 2.51. The van der Waals surface area contributed by atoms with Crippen molar-refractivity contribution in [3.63, 3.8) is 0 Å². The summed E-state index contributed by atoms with van der Waals surface area (Å²) in [6, 6.07) is 6.13. The zero-order valence-electron chi connectivity index (χ0n) is 10.6. The molecule has 1 aromatic carbocycles. The number of thiazole rings is 1. The maximum absolute atomic E-state index is 5.24. The van der Waals surface area contributed by atoms with Crippen molar-refractivity contribution in [3.8, 4) is 5.75 Å². The largest absolute Gasteiger partial charge is 0.497 e. The molecule has 1 atom stereocenters. The summed E-state index contributed by atoms with van der Waals surface area (Å²) in [5.74, 6) is 1.64. The first-order valence-electron chi connectivity index (χ1n) is 6.49. The number of nitrogens with one attached hydrogen (secondary N) is 1. The van der Waals surface area contributed by atoms with Gasteiger partial charge in [0.25, 0.3) is 0 Å². The van der Waals surface area contributed by atoms with Crippen molar-refractivity contribution >= 4 is 21.6 Å². The van der Waals surface area contributed by atoms with Gasteiger partial charge in [0.05, 0.1) is 22.3 Å². The second kappa shape index (κ2) is 5.24. The SMILES string of the molecule is COc1ccc2sc(CC3CCCNC3)nc2c1. The normalized spacial score (nSPS) is 20.2. The molecule has 0 amide bonds. The van der Waals surface area contributed by atoms with Gasteiger partial charge in [-0.3, -0.25) is 0 Å². The van der Waals surface area contributed by atoms with Crippen molar-refractivity contribution in [2.75, 3.05) is 20.2 Å². The molecule has 96 valence electrons. The van der Waals surface area contributed by atoms with Gasteiger partial charge in [0.2, 0.25) is 0 Å². The van der Waals surface area contributed by atoms with E-state index in [9.17, 15) is 0 Å². The Bertz CT molecular complexity index is 532. The van der Waals surface area contributed by atoms with Crippen LogP contribution in [0.2, 0.25) is 0 Å². The Hall–Kier alpha value is -1.13. The first-order valence-corrected chi connectivity index (χ1v) is 7.31. The fraction of sp³-hybridized carbons (Fsp3) is 0.500. The van der Waals surface area contributed by atoms with Gasteiger partial charge in [0.15, 0.2) is 0 Å². The number of benzene rings is 1. The zero-order chi connectivity index (χ0) is 12.4. The van der Waals surface area contributed by atoms with E-state index in [0.29, 0.717) is 0 Å². The lowest BCUT2D eigenvalue weighted by Crippen LogP contribution is -2.30. The first kappa shape index (κ1) is 11.9. The predicted octanol–water partition coefficient (Wildman–Crippen LogP) is 2.85. The molecule has 1 aliphatic heterocycles. The summed E-state index contributed by atoms with van der Waals surface area (Å²) in [6.45, 7) is 2.31. The molecule has 0 spiro atoms. The second-order valence-corrected chi connectivity index (χ2v) is 5.97. The Morgan fingerprint density at radius 3 is 3.22 bits per heavy atom. The number of piperidine rings is 1. The van der Waals surface area contributed by atoms with Crippen molar-refractivity contribution in [2.24, 2.45) is 5.92 Å². The number of aromatic nitrogens is 1. The molecule has 2 aromatic rings. The molecule has 1 aliphatic rings. The molecule has 4 heteroatoms. The van der Waals surface area contributed by atoms with Crippen molar-refractivity contribution in [1.82, 2.24) is 10.3 Å². The number of nitrogens with zero attached hydrogens (tertiary/aromatic N) is 1. The highest BCUT2D eigenvalue weighted by atomic mass is 32.1. The fourth-order valence-corrected chi connectivity index (χ4v) is 3.58. The molecule has 0 radical (unpaired) electrons. The standard InChI is InChI=1S/C14H18N2OS/c1-17-11-4-5-13-12(8-11)16-14(18-13)7-10-3-2-6-15-9-10/h4-5,8,10,15H,2-3,6-7,9H2,1H3. The maximum atomic E-state index is 5.24. The van der Waals surface area contributed by atoms with Crippen LogP contribution in [-0.4, -0.2) is 25.2 Å². The van der Waals surface area contributed by atoms with E-state index in [1.807, 2.05) is 23.5 Å². The summed E-state index contributed by atoms with van der Waals surface area (Å²) >= 11 is 1.82. The molecule has 3 nitrogen and oxygen atoms in total. The molecule has 0 aliphatic carbocycles. The number of hydrogen-bond acceptors (Lipinski definition) is 4. The Balaban J connectivity index is 1.79. The molecule has 2 heterocycles. The molecule has 0 bridgehead atoms. The molecule has 3 rings (SSSR count). The van der Waals surface area contributed by atoms with E-state index in [1.165, 1.54) is 29.1 Å². The Labute approximate surface area is 111 Å². The lowest BCUT2D eigenvalue weighted by molar-refractivity contribution is 0.376. The van der Waals surface area contributed by atoms with Gasteiger partial charge in [0.1, 0.15) is 5.75 Å². The van der Waals surface area contributed by atoms with Crippen LogP contribution >= 0.6 is 11.3 Å². The topological polar surface area (TPSA) is 34.1 Å². The number of methoxy groups -OCH3 is 1. The lowest BCUT2D eigenvalue weighted by atomic mass is 9.97. The van der Waals surface area contributed by atoms with E-state index >= 15 is 0 Å². The van der Waals surface area contributed by atoms with Crippen molar-refractivity contribution in [2.45, 2.75) is 19.3 Å². The van der Waals surface area contributed by atoms with E-state index in [4.69, 9.17) is 9.72 Å². The molecule has 1 aromatic heterocycles. The van der Waals surface area contributed by atoms with Gasteiger partial charge in [-0.2, -0.15) is 0 Å². The third-order valence-electron chi connectivity index (χ3n) is 3.50. The highest BCUT2D eigenvalue weighted by Crippen LogP contribution is 2.28. The van der Waals surface area contributed by atoms with Crippen LogP contribution in [0.3, 0.4) is 0 Å². The van der Waals surface area contributed by atoms with Crippen LogP contribution < -0.4 is 10.1 Å². The minimum absolute atomic E-state index is 0.751. The van der Waals surface area contributed by atoms with Gasteiger partial charge in [-0.1, -0.05) is 0 Å². The average Bonchev–Trinajstić information content (AvgIpc) is 2.80. The number of fused-ring (bicyclic) bond motifs is 1. The Morgan fingerprint density at radius 1 is 1.50 bits per heavy atom. The summed E-state index contributed by atoms with van der Waals surface area (Å²) in [5.41, 5.74) is 1.07. The van der Waals surface area contributed by atoms with Crippen molar-refractivity contribution in [1.29, 1.82) is 0 Å². The summed E-state index contributed by atoms with van der Waals surface area (Å²) in [7, 11) is 1.70. The summed E-state index contributed by atoms with van der Waals surface area (Å²) in [5, 5.41) is 4.72. The van der Waals surface area contributed by atoms with Crippen LogP contribution in [0, 0.1) is 5.92 Å². The quantitative estimate of drug-likeness (QED) is 0.923. The minimum Gasteiger partial charge on any atom is -0.497 e. The molecule has 1 saturated heterocycles. The number of ether oxygens (including phenoxy) is 1. The van der Waals surface area contributed by atoms with E-state index < -0.39 is 0 Å². The maximum Gasteiger partial charge on any atom is 0.121 e. The Kier molecular flexibility index (Phi) is 3.48. The predicted molar refractivity (Wildman–Crippen MR) is 75.5 cm³/mol. The number of hydrogen-bond donors (Lipinski definition) is 1. The van der Waals surface area contributed by atoms with Crippen LogP contribution in [0.4, 0.5) is 0 Å². The first-order chi connectivity index (χ1) is 8.85. The van der Waals surface area contributed by atoms with Gasteiger partial charge in [-0.25, -0.2) is 4.98 Å². The third-order valence-corrected chi connectivity index (χ3v) is 4.56. The van der Waals surface area contributed by atoms with E-state index in [1.54, 1.807) is 7.11 Å². The second-order valence-electron chi connectivity index (χ2n) is 4.86. The molecule has 0 saturated carbocycles. The van der Waals surface area contributed by atoms with Gasteiger partial charge < -0.3 is 10.1 Å². The van der Waals surface area contributed by atoms with E-state index in [2.05, 4.69) is 11.4 Å². The molecule has 1 unspecified atom stereocenters. The van der Waals surface area contributed by atoms with Gasteiger partial charge in [0, 0.05) is 12.5 Å². The summed E-state index contributed by atoms with van der Waals surface area (Å²) < 4.78 is 6.49. The third kappa shape index (κ3) is 2.49. The highest BCUT2D eigenvalue weighted by molar-refractivity contribution is 7.18. The van der Waals surface area contributed by atoms with Crippen LogP contribution in [0.25, 0.3) is 10.2 Å². The van der Waals surface area contributed by atoms with Crippen LogP contribution in [0.5, 0.6) is 5.75 Å². The van der Waals surface area contributed by atoms with Gasteiger partial charge in [-0.05, 0) is 44.0 Å². The van der Waals surface area contributed by atoms with Crippen LogP contribution in [-0.2, 0) is 6.42 Å². The van der Waals surface area contributed by atoms with Crippen LogP contribution in [0.1, 0.15) is 17.8 Å². The molecular formula is C14H18N2OS. The summed E-state index contributed by atoms with van der Waals surface area (Å²) in [6.07, 6.45) is 3.73. The van der Waals surface area contributed by atoms with E-state index in [0.717, 1.165) is 30.1 Å². The molecule has 1 fully saturated rings. The number of rotatable bonds is 3. The average molecular weight is 262 g/mol. The smallest absolute Gasteiger partial charge is 0.121 e.